The van der Waals surface area contributed by atoms with Gasteiger partial charge in [-0.25, -0.2) is 0 Å². The number of methoxy groups -OCH3 is 2. The van der Waals surface area contributed by atoms with Crippen LogP contribution >= 0.6 is 11.8 Å². The van der Waals surface area contributed by atoms with Crippen LogP contribution in [-0.4, -0.2) is 55.0 Å². The SMILES string of the molecule is C=CCN1C(=O)/C(=C\c2cc(OC)c(OC)cc2[N+](=O)[O-])S/C1=N\S(=O)(=O)c1ccc([N+](=O)[O-])cc1. The van der Waals surface area contributed by atoms with Crippen LogP contribution in [0.2, 0.25) is 0 Å². The summed E-state index contributed by atoms with van der Waals surface area (Å²) in [6, 6.07) is 6.55. The monoisotopic (exact) mass is 534 g/mol. The maximum atomic E-state index is 13.0. The van der Waals surface area contributed by atoms with Gasteiger partial charge in [-0.2, -0.15) is 8.42 Å². The number of nitro benzene ring substituents is 2. The van der Waals surface area contributed by atoms with Gasteiger partial charge in [-0.05, 0) is 36.0 Å². The molecule has 0 aromatic heterocycles. The summed E-state index contributed by atoms with van der Waals surface area (Å²) in [4.78, 5) is 34.8. The summed E-state index contributed by atoms with van der Waals surface area (Å²) in [5.74, 6) is -0.355. The highest BCUT2D eigenvalue weighted by Gasteiger charge is 2.35. The van der Waals surface area contributed by atoms with E-state index in [1.165, 1.54) is 32.4 Å². The first-order valence-corrected chi connectivity index (χ1v) is 12.1. The molecule has 0 atom stereocenters. The van der Waals surface area contributed by atoms with Crippen LogP contribution in [0.3, 0.4) is 0 Å². The van der Waals surface area contributed by atoms with Crippen molar-refractivity contribution in [3.05, 3.63) is 79.8 Å². The highest BCUT2D eigenvalue weighted by Crippen LogP contribution is 2.39. The summed E-state index contributed by atoms with van der Waals surface area (Å²) in [7, 11) is -1.69. The summed E-state index contributed by atoms with van der Waals surface area (Å²) < 4.78 is 39.6. The van der Waals surface area contributed by atoms with E-state index in [1.807, 2.05) is 0 Å². The number of hydrogen-bond acceptors (Lipinski definition) is 10. The molecule has 1 amide bonds. The summed E-state index contributed by atoms with van der Waals surface area (Å²) >= 11 is 0.693. The average Bonchev–Trinajstić information content (AvgIpc) is 3.12. The zero-order valence-corrected chi connectivity index (χ0v) is 20.4. The number of nitro groups is 2. The number of benzene rings is 2. The molecule has 13 nitrogen and oxygen atoms in total. The summed E-state index contributed by atoms with van der Waals surface area (Å²) in [5.41, 5.74) is -0.652. The third-order valence-electron chi connectivity index (χ3n) is 4.76. The fourth-order valence-corrected chi connectivity index (χ4v) is 5.24. The molecule has 188 valence electrons. The van der Waals surface area contributed by atoms with Crippen LogP contribution in [0.5, 0.6) is 11.5 Å². The molecule has 0 N–H and O–H groups in total. The Morgan fingerprint density at radius 3 is 2.22 bits per heavy atom. The predicted octanol–water partition coefficient (Wildman–Crippen LogP) is 3.37. The second-order valence-electron chi connectivity index (χ2n) is 6.94. The van der Waals surface area contributed by atoms with E-state index in [0.29, 0.717) is 11.8 Å². The van der Waals surface area contributed by atoms with E-state index in [0.717, 1.165) is 35.2 Å². The molecule has 1 saturated heterocycles. The zero-order valence-electron chi connectivity index (χ0n) is 18.8. The maximum absolute atomic E-state index is 13.0. The number of nitrogens with zero attached hydrogens (tertiary/aromatic N) is 4. The van der Waals surface area contributed by atoms with E-state index in [1.54, 1.807) is 0 Å². The minimum Gasteiger partial charge on any atom is -0.493 e. The summed E-state index contributed by atoms with van der Waals surface area (Å²) in [6.07, 6.45) is 2.58. The van der Waals surface area contributed by atoms with Gasteiger partial charge in [0.05, 0.1) is 45.5 Å². The van der Waals surface area contributed by atoms with Crippen molar-refractivity contribution in [1.82, 2.24) is 4.90 Å². The molecule has 0 saturated carbocycles. The van der Waals surface area contributed by atoms with E-state index in [4.69, 9.17) is 9.47 Å². The number of carbonyl (C=O) groups excluding carboxylic acids is 1. The van der Waals surface area contributed by atoms with Crippen molar-refractivity contribution in [3.8, 4) is 11.5 Å². The second-order valence-corrected chi connectivity index (χ2v) is 9.55. The number of carbonyl (C=O) groups is 1. The molecule has 0 aliphatic carbocycles. The number of amides is 1. The Morgan fingerprint density at radius 2 is 1.69 bits per heavy atom. The Hall–Kier alpha value is -4.24. The highest BCUT2D eigenvalue weighted by atomic mass is 32.2. The largest absolute Gasteiger partial charge is 0.493 e. The van der Waals surface area contributed by atoms with E-state index < -0.39 is 25.8 Å². The lowest BCUT2D eigenvalue weighted by atomic mass is 10.1. The van der Waals surface area contributed by atoms with Gasteiger partial charge in [0.2, 0.25) is 0 Å². The number of hydrogen-bond donors (Lipinski definition) is 0. The van der Waals surface area contributed by atoms with Crippen molar-refractivity contribution < 1.29 is 32.5 Å². The van der Waals surface area contributed by atoms with Gasteiger partial charge in [-0.1, -0.05) is 6.08 Å². The van der Waals surface area contributed by atoms with Gasteiger partial charge in [-0.15, -0.1) is 11.0 Å². The first kappa shape index (κ1) is 26.4. The number of ether oxygens (including phenoxy) is 2. The van der Waals surface area contributed by atoms with Crippen LogP contribution in [0.25, 0.3) is 6.08 Å². The molecule has 1 aliphatic rings. The number of amidine groups is 1. The van der Waals surface area contributed by atoms with Crippen LogP contribution in [0.1, 0.15) is 5.56 Å². The van der Waals surface area contributed by atoms with Crippen molar-refractivity contribution in [3.63, 3.8) is 0 Å². The van der Waals surface area contributed by atoms with Gasteiger partial charge in [-0.3, -0.25) is 29.9 Å². The molecule has 1 aliphatic heterocycles. The molecule has 1 fully saturated rings. The van der Waals surface area contributed by atoms with Gasteiger partial charge in [0.1, 0.15) is 0 Å². The molecule has 3 rings (SSSR count). The van der Waals surface area contributed by atoms with Crippen molar-refractivity contribution in [2.45, 2.75) is 4.90 Å². The molecule has 0 unspecified atom stereocenters. The highest BCUT2D eigenvalue weighted by molar-refractivity contribution is 8.19. The molecule has 1 heterocycles. The molecular formula is C21H18N4O9S2. The van der Waals surface area contributed by atoms with E-state index >= 15 is 0 Å². The molecule has 0 radical (unpaired) electrons. The Morgan fingerprint density at radius 1 is 1.08 bits per heavy atom. The number of rotatable bonds is 9. The summed E-state index contributed by atoms with van der Waals surface area (Å²) in [6.45, 7) is 3.46. The number of thioether (sulfide) groups is 1. The quantitative estimate of drug-likeness (QED) is 0.201. The number of non-ortho nitro benzene ring substituents is 1. The van der Waals surface area contributed by atoms with E-state index in [9.17, 15) is 33.4 Å². The van der Waals surface area contributed by atoms with Crippen molar-refractivity contribution in [2.24, 2.45) is 4.40 Å². The normalized spacial score (nSPS) is 15.8. The van der Waals surface area contributed by atoms with E-state index in [2.05, 4.69) is 11.0 Å². The van der Waals surface area contributed by atoms with Gasteiger partial charge in [0, 0.05) is 18.7 Å². The molecule has 36 heavy (non-hydrogen) atoms. The van der Waals surface area contributed by atoms with Crippen LogP contribution in [0.15, 0.2) is 63.3 Å². The smallest absolute Gasteiger partial charge is 0.284 e. The Kier molecular flexibility index (Phi) is 7.74. The summed E-state index contributed by atoms with van der Waals surface area (Å²) in [5, 5.41) is 22.2. The fraction of sp³-hybridized carbons (Fsp3) is 0.143. The minimum atomic E-state index is -4.35. The standard InChI is InChI=1S/C21H18N4O9S2/c1-4-9-23-20(26)19(11-13-10-17(33-2)18(34-3)12-16(13)25(29)30)35-21(23)22-36(31,32)15-7-5-14(6-8-15)24(27)28/h4-8,10-12H,1,9H2,2-3H3/b19-11+,22-21-. The second kappa shape index (κ2) is 10.6. The average molecular weight is 535 g/mol. The zero-order chi connectivity index (χ0) is 26.6. The number of sulfonamides is 1. The van der Waals surface area contributed by atoms with Crippen LogP contribution < -0.4 is 9.47 Å². The molecular weight excluding hydrogens is 516 g/mol. The van der Waals surface area contributed by atoms with Gasteiger partial charge in [0.15, 0.2) is 16.7 Å². The predicted molar refractivity (Wildman–Crippen MR) is 131 cm³/mol. The fourth-order valence-electron chi connectivity index (χ4n) is 3.06. The van der Waals surface area contributed by atoms with Crippen molar-refractivity contribution in [1.29, 1.82) is 0 Å². The van der Waals surface area contributed by atoms with Crippen LogP contribution in [-0.2, 0) is 14.8 Å². The van der Waals surface area contributed by atoms with Crippen LogP contribution in [0, 0.1) is 20.2 Å². The van der Waals surface area contributed by atoms with E-state index in [-0.39, 0.29) is 50.0 Å². The van der Waals surface area contributed by atoms with Gasteiger partial charge >= 0.3 is 0 Å². The van der Waals surface area contributed by atoms with Crippen molar-refractivity contribution >= 4 is 50.3 Å². The first-order valence-electron chi connectivity index (χ1n) is 9.84. The molecule has 15 heteroatoms. The lowest BCUT2D eigenvalue weighted by Crippen LogP contribution is -2.29. The lowest BCUT2D eigenvalue weighted by Gasteiger charge is -2.12. The Labute approximate surface area is 209 Å². The third-order valence-corrected chi connectivity index (χ3v) is 7.16. The first-order chi connectivity index (χ1) is 17.0. The Balaban J connectivity index is 2.07. The lowest BCUT2D eigenvalue weighted by molar-refractivity contribution is -0.385. The third kappa shape index (κ3) is 5.36. The van der Waals surface area contributed by atoms with Gasteiger partial charge < -0.3 is 9.47 Å². The molecule has 0 spiro atoms. The van der Waals surface area contributed by atoms with Crippen molar-refractivity contribution in [2.75, 3.05) is 20.8 Å². The Bertz CT molecular complexity index is 1420. The molecule has 2 aromatic carbocycles. The topological polar surface area (TPSA) is 172 Å². The molecule has 0 bridgehead atoms. The maximum Gasteiger partial charge on any atom is 0.284 e. The molecule has 2 aromatic rings. The minimum absolute atomic E-state index is 0.0199. The van der Waals surface area contributed by atoms with Crippen LogP contribution in [0.4, 0.5) is 11.4 Å². The van der Waals surface area contributed by atoms with Gasteiger partial charge in [0.25, 0.3) is 27.3 Å².